The first-order valence-electron chi connectivity index (χ1n) is 8.37. The molecule has 3 rings (SSSR count). The molecule has 1 amide bonds. The molecule has 1 saturated heterocycles. The van der Waals surface area contributed by atoms with Gasteiger partial charge in [0.05, 0.1) is 23.7 Å². The van der Waals surface area contributed by atoms with Crippen molar-refractivity contribution in [3.63, 3.8) is 0 Å². The molecular formula is C19H24N2O2. The van der Waals surface area contributed by atoms with Crippen LogP contribution in [-0.2, 0) is 4.74 Å². The number of aryl methyl sites for hydroxylation is 2. The first-order valence-corrected chi connectivity index (χ1v) is 8.37. The molecule has 4 nitrogen and oxygen atoms in total. The SMILES string of the molecule is CCOCC1CCCN1C(=O)c1cc(C)nc2ccc(C)cc12. The Labute approximate surface area is 137 Å². The molecule has 1 aliphatic rings. The summed E-state index contributed by atoms with van der Waals surface area (Å²) < 4.78 is 5.56. The van der Waals surface area contributed by atoms with Crippen molar-refractivity contribution in [1.82, 2.24) is 9.88 Å². The van der Waals surface area contributed by atoms with E-state index in [9.17, 15) is 4.79 Å². The maximum absolute atomic E-state index is 13.1. The Morgan fingerprint density at radius 2 is 2.17 bits per heavy atom. The molecule has 0 radical (unpaired) electrons. The van der Waals surface area contributed by atoms with Gasteiger partial charge in [-0.15, -0.1) is 0 Å². The van der Waals surface area contributed by atoms with Gasteiger partial charge in [-0.05, 0) is 51.8 Å². The summed E-state index contributed by atoms with van der Waals surface area (Å²) in [5.74, 6) is 0.105. The van der Waals surface area contributed by atoms with E-state index in [0.29, 0.717) is 13.2 Å². The molecule has 0 aliphatic carbocycles. The van der Waals surface area contributed by atoms with E-state index in [2.05, 4.69) is 11.1 Å². The van der Waals surface area contributed by atoms with Gasteiger partial charge in [-0.1, -0.05) is 11.6 Å². The van der Waals surface area contributed by atoms with Gasteiger partial charge in [-0.3, -0.25) is 9.78 Å². The van der Waals surface area contributed by atoms with Crippen molar-refractivity contribution in [1.29, 1.82) is 0 Å². The van der Waals surface area contributed by atoms with Gasteiger partial charge in [0.25, 0.3) is 5.91 Å². The molecule has 0 saturated carbocycles. The first kappa shape index (κ1) is 15.9. The van der Waals surface area contributed by atoms with Crippen molar-refractivity contribution in [2.75, 3.05) is 19.8 Å². The molecule has 0 bridgehead atoms. The number of amides is 1. The number of rotatable bonds is 4. The standard InChI is InChI=1S/C19H24N2O2/c1-4-23-12-15-6-5-9-21(15)19(22)17-11-14(3)20-18-8-7-13(2)10-16(17)18/h7-8,10-11,15H,4-6,9,12H2,1-3H3. The summed E-state index contributed by atoms with van der Waals surface area (Å²) in [6.07, 6.45) is 2.07. The van der Waals surface area contributed by atoms with Crippen LogP contribution in [0.15, 0.2) is 24.3 Å². The average molecular weight is 312 g/mol. The third-order valence-corrected chi connectivity index (χ3v) is 4.48. The molecule has 0 spiro atoms. The average Bonchev–Trinajstić information content (AvgIpc) is 3.00. The molecule has 2 heterocycles. The van der Waals surface area contributed by atoms with Crippen molar-refractivity contribution in [2.24, 2.45) is 0 Å². The van der Waals surface area contributed by atoms with Gasteiger partial charge in [0.2, 0.25) is 0 Å². The van der Waals surface area contributed by atoms with Gasteiger partial charge in [0.15, 0.2) is 0 Å². The van der Waals surface area contributed by atoms with E-state index < -0.39 is 0 Å². The van der Waals surface area contributed by atoms with Crippen LogP contribution in [0.25, 0.3) is 10.9 Å². The summed E-state index contributed by atoms with van der Waals surface area (Å²) in [6.45, 7) is 8.10. The minimum absolute atomic E-state index is 0.105. The number of hydrogen-bond donors (Lipinski definition) is 0. The predicted molar refractivity (Wildman–Crippen MR) is 91.8 cm³/mol. The second-order valence-corrected chi connectivity index (χ2v) is 6.29. The highest BCUT2D eigenvalue weighted by Crippen LogP contribution is 2.25. The number of carbonyl (C=O) groups excluding carboxylic acids is 1. The molecule has 2 aromatic rings. The van der Waals surface area contributed by atoms with E-state index in [1.807, 2.05) is 43.9 Å². The van der Waals surface area contributed by atoms with Crippen molar-refractivity contribution in [2.45, 2.75) is 39.7 Å². The van der Waals surface area contributed by atoms with E-state index in [1.165, 1.54) is 0 Å². The topological polar surface area (TPSA) is 42.4 Å². The lowest BCUT2D eigenvalue weighted by molar-refractivity contribution is 0.0566. The van der Waals surface area contributed by atoms with Crippen molar-refractivity contribution >= 4 is 16.8 Å². The minimum Gasteiger partial charge on any atom is -0.380 e. The van der Waals surface area contributed by atoms with Crippen LogP contribution in [0.3, 0.4) is 0 Å². The number of fused-ring (bicyclic) bond motifs is 1. The van der Waals surface area contributed by atoms with E-state index in [4.69, 9.17) is 4.74 Å². The van der Waals surface area contributed by atoms with Crippen molar-refractivity contribution in [3.8, 4) is 0 Å². The van der Waals surface area contributed by atoms with Gasteiger partial charge >= 0.3 is 0 Å². The van der Waals surface area contributed by atoms with Crippen LogP contribution in [0.1, 0.15) is 41.4 Å². The van der Waals surface area contributed by atoms with E-state index in [-0.39, 0.29) is 11.9 Å². The quantitative estimate of drug-likeness (QED) is 0.868. The Kier molecular flexibility index (Phi) is 4.62. The number of hydrogen-bond acceptors (Lipinski definition) is 3. The van der Waals surface area contributed by atoms with Crippen LogP contribution in [0.4, 0.5) is 0 Å². The lowest BCUT2D eigenvalue weighted by atomic mass is 10.0. The molecule has 0 N–H and O–H groups in total. The largest absolute Gasteiger partial charge is 0.380 e. The van der Waals surface area contributed by atoms with Crippen LogP contribution in [0.5, 0.6) is 0 Å². The molecule has 1 unspecified atom stereocenters. The summed E-state index contributed by atoms with van der Waals surface area (Å²) in [5.41, 5.74) is 3.67. The fourth-order valence-electron chi connectivity index (χ4n) is 3.33. The number of ether oxygens (including phenoxy) is 1. The number of nitrogens with zero attached hydrogens (tertiary/aromatic N) is 2. The van der Waals surface area contributed by atoms with Crippen LogP contribution in [0, 0.1) is 13.8 Å². The first-order chi connectivity index (χ1) is 11.1. The van der Waals surface area contributed by atoms with Crippen LogP contribution < -0.4 is 0 Å². The minimum atomic E-state index is 0.105. The van der Waals surface area contributed by atoms with Crippen LogP contribution in [-0.4, -0.2) is 41.6 Å². The van der Waals surface area contributed by atoms with Gasteiger partial charge in [-0.2, -0.15) is 0 Å². The Morgan fingerprint density at radius 1 is 1.35 bits per heavy atom. The van der Waals surface area contributed by atoms with Gasteiger partial charge in [0, 0.05) is 24.2 Å². The fraction of sp³-hybridized carbons (Fsp3) is 0.474. The molecular weight excluding hydrogens is 288 g/mol. The number of aromatic nitrogens is 1. The number of carbonyl (C=O) groups is 1. The molecule has 1 aliphatic heterocycles. The smallest absolute Gasteiger partial charge is 0.254 e. The molecule has 4 heteroatoms. The number of benzene rings is 1. The summed E-state index contributed by atoms with van der Waals surface area (Å²) in [6, 6.07) is 8.20. The highest BCUT2D eigenvalue weighted by atomic mass is 16.5. The third-order valence-electron chi connectivity index (χ3n) is 4.48. The normalized spacial score (nSPS) is 17.9. The lowest BCUT2D eigenvalue weighted by Gasteiger charge is -2.25. The second kappa shape index (κ2) is 6.67. The van der Waals surface area contributed by atoms with Gasteiger partial charge in [-0.25, -0.2) is 0 Å². The highest BCUT2D eigenvalue weighted by Gasteiger charge is 2.30. The zero-order valence-electron chi connectivity index (χ0n) is 14.1. The monoisotopic (exact) mass is 312 g/mol. The Morgan fingerprint density at radius 3 is 2.96 bits per heavy atom. The van der Waals surface area contributed by atoms with E-state index in [1.54, 1.807) is 0 Å². The summed E-state index contributed by atoms with van der Waals surface area (Å²) in [7, 11) is 0. The zero-order chi connectivity index (χ0) is 16.4. The third kappa shape index (κ3) is 3.22. The van der Waals surface area contributed by atoms with Crippen LogP contribution >= 0.6 is 0 Å². The molecule has 122 valence electrons. The lowest BCUT2D eigenvalue weighted by Crippen LogP contribution is -2.38. The summed E-state index contributed by atoms with van der Waals surface area (Å²) in [4.78, 5) is 19.7. The summed E-state index contributed by atoms with van der Waals surface area (Å²) in [5, 5.41) is 0.947. The maximum atomic E-state index is 13.1. The molecule has 1 aromatic heterocycles. The Balaban J connectivity index is 1.98. The zero-order valence-corrected chi connectivity index (χ0v) is 14.1. The maximum Gasteiger partial charge on any atom is 0.254 e. The van der Waals surface area contributed by atoms with E-state index >= 15 is 0 Å². The second-order valence-electron chi connectivity index (χ2n) is 6.29. The molecule has 1 aromatic carbocycles. The van der Waals surface area contributed by atoms with Crippen molar-refractivity contribution < 1.29 is 9.53 Å². The van der Waals surface area contributed by atoms with Crippen LogP contribution in [0.2, 0.25) is 0 Å². The van der Waals surface area contributed by atoms with Crippen molar-refractivity contribution in [3.05, 3.63) is 41.1 Å². The predicted octanol–water partition coefficient (Wildman–Crippen LogP) is 3.49. The number of likely N-dealkylation sites (tertiary alicyclic amines) is 1. The summed E-state index contributed by atoms with van der Waals surface area (Å²) >= 11 is 0. The number of pyridine rings is 1. The van der Waals surface area contributed by atoms with E-state index in [0.717, 1.165) is 47.1 Å². The molecule has 1 fully saturated rings. The highest BCUT2D eigenvalue weighted by molar-refractivity contribution is 6.06. The Bertz CT molecular complexity index is 727. The fourth-order valence-corrected chi connectivity index (χ4v) is 3.33. The Hall–Kier alpha value is -1.94. The molecule has 23 heavy (non-hydrogen) atoms. The van der Waals surface area contributed by atoms with Gasteiger partial charge < -0.3 is 9.64 Å². The molecule has 1 atom stereocenters. The van der Waals surface area contributed by atoms with Gasteiger partial charge in [0.1, 0.15) is 0 Å².